The van der Waals surface area contributed by atoms with Gasteiger partial charge in [-0.25, -0.2) is 12.8 Å². The molecule has 0 spiro atoms. The van der Waals surface area contributed by atoms with E-state index in [-0.39, 0.29) is 29.7 Å². The van der Waals surface area contributed by atoms with E-state index >= 15 is 0 Å². The molecule has 8 heteroatoms. The van der Waals surface area contributed by atoms with Gasteiger partial charge in [-0.2, -0.15) is 4.31 Å². The second-order valence-corrected chi connectivity index (χ2v) is 9.82. The van der Waals surface area contributed by atoms with E-state index in [2.05, 4.69) is 5.32 Å². The van der Waals surface area contributed by atoms with Crippen LogP contribution < -0.4 is 5.32 Å². The van der Waals surface area contributed by atoms with Crippen molar-refractivity contribution in [2.75, 3.05) is 18.4 Å². The Hall–Kier alpha value is -3.36. The van der Waals surface area contributed by atoms with Crippen LogP contribution in [0.1, 0.15) is 28.8 Å². The molecule has 0 unspecified atom stereocenters. The van der Waals surface area contributed by atoms with Crippen LogP contribution in [0.5, 0.6) is 0 Å². The topological polar surface area (TPSA) is 83.6 Å². The maximum absolute atomic E-state index is 13.2. The molecule has 1 fully saturated rings. The summed E-state index contributed by atoms with van der Waals surface area (Å²) in [5, 5.41) is 2.82. The number of hydrogen-bond donors (Lipinski definition) is 1. The minimum Gasteiger partial charge on any atom is -0.325 e. The Bertz CT molecular complexity index is 1260. The van der Waals surface area contributed by atoms with Gasteiger partial charge in [-0.1, -0.05) is 42.5 Å². The van der Waals surface area contributed by atoms with Gasteiger partial charge < -0.3 is 5.32 Å². The number of anilines is 1. The first-order valence-electron chi connectivity index (χ1n) is 10.6. The van der Waals surface area contributed by atoms with Crippen LogP contribution in [0.3, 0.4) is 0 Å². The smallest absolute Gasteiger partial charge is 0.243 e. The zero-order valence-corrected chi connectivity index (χ0v) is 18.6. The lowest BCUT2D eigenvalue weighted by Gasteiger charge is -2.31. The van der Waals surface area contributed by atoms with Crippen LogP contribution in [-0.4, -0.2) is 37.5 Å². The maximum Gasteiger partial charge on any atom is 0.243 e. The minimum absolute atomic E-state index is 0.0104. The molecule has 3 aromatic rings. The highest BCUT2D eigenvalue weighted by atomic mass is 32.2. The van der Waals surface area contributed by atoms with Crippen molar-refractivity contribution in [3.05, 3.63) is 95.8 Å². The number of rotatable bonds is 6. The van der Waals surface area contributed by atoms with Crippen molar-refractivity contribution < 1.29 is 22.4 Å². The van der Waals surface area contributed by atoms with Crippen LogP contribution in [0.2, 0.25) is 0 Å². The number of hydrogen-bond acceptors (Lipinski definition) is 4. The minimum atomic E-state index is -3.84. The number of piperidine rings is 1. The van der Waals surface area contributed by atoms with Crippen molar-refractivity contribution in [2.24, 2.45) is 5.92 Å². The molecule has 4 rings (SSSR count). The van der Waals surface area contributed by atoms with Crippen molar-refractivity contribution in [3.8, 4) is 0 Å². The summed E-state index contributed by atoms with van der Waals surface area (Å²) in [5.74, 6) is -1.65. The largest absolute Gasteiger partial charge is 0.325 e. The molecule has 6 nitrogen and oxygen atoms in total. The van der Waals surface area contributed by atoms with Gasteiger partial charge in [0.15, 0.2) is 5.78 Å². The van der Waals surface area contributed by atoms with Crippen LogP contribution in [0.15, 0.2) is 83.8 Å². The standard InChI is InChI=1S/C25H23FN2O4S/c26-20-12-14-21(15-13-20)33(31,32)28-16-6-9-19(17-28)25(30)27-23-11-5-4-10-22(23)24(29)18-7-2-1-3-8-18/h1-5,7-8,10-15,19H,6,9,16-17H2,(H,27,30)/t19-/m1/s1. The molecule has 0 aromatic heterocycles. The van der Waals surface area contributed by atoms with Gasteiger partial charge in [0.25, 0.3) is 0 Å². The van der Waals surface area contributed by atoms with Crippen LogP contribution >= 0.6 is 0 Å². The number of sulfonamides is 1. The van der Waals surface area contributed by atoms with E-state index in [0.29, 0.717) is 29.7 Å². The fourth-order valence-electron chi connectivity index (χ4n) is 3.90. The van der Waals surface area contributed by atoms with Crippen molar-refractivity contribution in [1.82, 2.24) is 4.31 Å². The van der Waals surface area contributed by atoms with Gasteiger partial charge in [-0.05, 0) is 49.2 Å². The average molecular weight is 467 g/mol. The Labute approximate surface area is 192 Å². The van der Waals surface area contributed by atoms with Gasteiger partial charge in [0.1, 0.15) is 5.82 Å². The Morgan fingerprint density at radius 1 is 0.909 bits per heavy atom. The number of benzene rings is 3. The van der Waals surface area contributed by atoms with Gasteiger partial charge in [-0.15, -0.1) is 0 Å². The molecule has 0 aliphatic carbocycles. The number of para-hydroxylation sites is 1. The molecular formula is C25H23FN2O4S. The molecule has 0 bridgehead atoms. The molecule has 33 heavy (non-hydrogen) atoms. The highest BCUT2D eigenvalue weighted by Crippen LogP contribution is 2.26. The maximum atomic E-state index is 13.2. The number of amides is 1. The second-order valence-electron chi connectivity index (χ2n) is 7.89. The van der Waals surface area contributed by atoms with Gasteiger partial charge in [-0.3, -0.25) is 9.59 Å². The Balaban J connectivity index is 1.50. The van der Waals surface area contributed by atoms with E-state index in [9.17, 15) is 22.4 Å². The predicted octanol–water partition coefficient (Wildman–Crippen LogP) is 4.10. The summed E-state index contributed by atoms with van der Waals surface area (Å²) in [6, 6.07) is 20.2. The summed E-state index contributed by atoms with van der Waals surface area (Å²) in [5.41, 5.74) is 1.26. The summed E-state index contributed by atoms with van der Waals surface area (Å²) < 4.78 is 40.4. The zero-order chi connectivity index (χ0) is 23.4. The summed E-state index contributed by atoms with van der Waals surface area (Å²) in [6.07, 6.45) is 1.04. The number of carbonyl (C=O) groups excluding carboxylic acids is 2. The first-order chi connectivity index (χ1) is 15.9. The third-order valence-electron chi connectivity index (χ3n) is 5.67. The van der Waals surface area contributed by atoms with Crippen LogP contribution in [-0.2, 0) is 14.8 Å². The van der Waals surface area contributed by atoms with E-state index in [1.807, 2.05) is 6.07 Å². The molecule has 1 amide bonds. The van der Waals surface area contributed by atoms with Crippen LogP contribution in [0.25, 0.3) is 0 Å². The lowest BCUT2D eigenvalue weighted by Crippen LogP contribution is -2.43. The van der Waals surface area contributed by atoms with E-state index in [1.54, 1.807) is 48.5 Å². The molecule has 170 valence electrons. The highest BCUT2D eigenvalue weighted by molar-refractivity contribution is 7.89. The number of carbonyl (C=O) groups is 2. The second kappa shape index (κ2) is 9.64. The first kappa shape index (κ1) is 22.8. The van der Waals surface area contributed by atoms with E-state index < -0.39 is 21.8 Å². The molecule has 1 atom stereocenters. The molecule has 1 aliphatic heterocycles. The number of halogens is 1. The van der Waals surface area contributed by atoms with E-state index in [4.69, 9.17) is 0 Å². The number of nitrogens with zero attached hydrogens (tertiary/aromatic N) is 1. The molecule has 1 heterocycles. The van der Waals surface area contributed by atoms with Crippen LogP contribution in [0, 0.1) is 11.7 Å². The quantitative estimate of drug-likeness (QED) is 0.555. The molecule has 0 radical (unpaired) electrons. The number of nitrogens with one attached hydrogen (secondary N) is 1. The summed E-state index contributed by atoms with van der Waals surface area (Å²) >= 11 is 0. The molecule has 1 aliphatic rings. The average Bonchev–Trinajstić information content (AvgIpc) is 2.85. The Morgan fingerprint density at radius 3 is 2.30 bits per heavy atom. The normalized spacial score (nSPS) is 16.8. The zero-order valence-electron chi connectivity index (χ0n) is 17.8. The first-order valence-corrected chi connectivity index (χ1v) is 12.1. The molecule has 1 N–H and O–H groups in total. The van der Waals surface area contributed by atoms with Gasteiger partial charge in [0, 0.05) is 24.2 Å². The number of ketones is 1. The lowest BCUT2D eigenvalue weighted by molar-refractivity contribution is -0.120. The Morgan fingerprint density at radius 2 is 1.58 bits per heavy atom. The van der Waals surface area contributed by atoms with E-state index in [1.165, 1.54) is 16.4 Å². The SMILES string of the molecule is O=C(c1ccccc1)c1ccccc1NC(=O)[C@@H]1CCCN(S(=O)(=O)c2ccc(F)cc2)C1. The summed E-state index contributed by atoms with van der Waals surface area (Å²) in [4.78, 5) is 26.0. The van der Waals surface area contributed by atoms with Gasteiger partial charge in [0.2, 0.25) is 15.9 Å². The molecule has 0 saturated carbocycles. The summed E-state index contributed by atoms with van der Waals surface area (Å²) in [6.45, 7) is 0.299. The van der Waals surface area contributed by atoms with Crippen molar-refractivity contribution >= 4 is 27.4 Å². The van der Waals surface area contributed by atoms with Crippen LogP contribution in [0.4, 0.5) is 10.1 Å². The Kier molecular flexibility index (Phi) is 6.67. The molecule has 3 aromatic carbocycles. The fourth-order valence-corrected chi connectivity index (χ4v) is 5.42. The monoisotopic (exact) mass is 466 g/mol. The van der Waals surface area contributed by atoms with Gasteiger partial charge in [0.05, 0.1) is 16.5 Å². The molecule has 1 saturated heterocycles. The highest BCUT2D eigenvalue weighted by Gasteiger charge is 2.33. The molecular weight excluding hydrogens is 443 g/mol. The van der Waals surface area contributed by atoms with E-state index in [0.717, 1.165) is 12.1 Å². The third-order valence-corrected chi connectivity index (χ3v) is 7.55. The van der Waals surface area contributed by atoms with Crippen molar-refractivity contribution in [2.45, 2.75) is 17.7 Å². The fraction of sp³-hybridized carbons (Fsp3) is 0.200. The summed E-state index contributed by atoms with van der Waals surface area (Å²) in [7, 11) is -3.84. The van der Waals surface area contributed by atoms with Crippen molar-refractivity contribution in [1.29, 1.82) is 0 Å². The van der Waals surface area contributed by atoms with Crippen molar-refractivity contribution in [3.63, 3.8) is 0 Å². The third kappa shape index (κ3) is 5.02. The predicted molar refractivity (Wildman–Crippen MR) is 123 cm³/mol. The lowest BCUT2D eigenvalue weighted by atomic mass is 9.97. The van der Waals surface area contributed by atoms with Gasteiger partial charge >= 0.3 is 0 Å².